The van der Waals surface area contributed by atoms with Crippen molar-refractivity contribution in [1.82, 2.24) is 9.80 Å². The molecule has 0 amide bonds. The number of piperidine rings is 1. The van der Waals surface area contributed by atoms with E-state index in [0.717, 1.165) is 24.8 Å². The highest BCUT2D eigenvalue weighted by Gasteiger charge is 2.27. The summed E-state index contributed by atoms with van der Waals surface area (Å²) >= 11 is 0. The van der Waals surface area contributed by atoms with E-state index in [1.54, 1.807) is 11.8 Å². The van der Waals surface area contributed by atoms with Crippen molar-refractivity contribution in [2.75, 3.05) is 26.2 Å². The first-order valence-corrected chi connectivity index (χ1v) is 12.2. The zero-order valence-corrected chi connectivity index (χ0v) is 20.5. The van der Waals surface area contributed by atoms with E-state index in [2.05, 4.69) is 0 Å². The SMILES string of the molecule is CCOC(=O)C(Oc1ccc2c(c1)CN(C(=N)N)CC2)c1cccc(OC2CCN(C(=N)N)CC2)c1. The molecule has 2 aromatic carbocycles. The maximum absolute atomic E-state index is 12.9. The fourth-order valence-corrected chi connectivity index (χ4v) is 4.58. The number of guanidine groups is 2. The van der Waals surface area contributed by atoms with Gasteiger partial charge in [-0.05, 0) is 48.7 Å². The van der Waals surface area contributed by atoms with Crippen molar-refractivity contribution in [3.8, 4) is 11.5 Å². The van der Waals surface area contributed by atoms with Crippen LogP contribution < -0.4 is 20.9 Å². The summed E-state index contributed by atoms with van der Waals surface area (Å²) in [7, 11) is 0. The molecule has 1 fully saturated rings. The third-order valence-electron chi connectivity index (χ3n) is 6.53. The molecule has 2 aromatic rings. The molecule has 6 N–H and O–H groups in total. The third kappa shape index (κ3) is 5.99. The number of likely N-dealkylation sites (tertiary alicyclic amines) is 1. The summed E-state index contributed by atoms with van der Waals surface area (Å²) in [5.41, 5.74) is 14.1. The van der Waals surface area contributed by atoms with Crippen molar-refractivity contribution in [2.45, 2.75) is 44.9 Å². The van der Waals surface area contributed by atoms with Gasteiger partial charge < -0.3 is 35.5 Å². The highest BCUT2D eigenvalue weighted by molar-refractivity contribution is 5.77. The largest absolute Gasteiger partial charge is 0.490 e. The van der Waals surface area contributed by atoms with Crippen LogP contribution in [0.4, 0.5) is 0 Å². The maximum Gasteiger partial charge on any atom is 0.352 e. The van der Waals surface area contributed by atoms with Gasteiger partial charge in [0, 0.05) is 44.6 Å². The molecular weight excluding hydrogens is 460 g/mol. The van der Waals surface area contributed by atoms with Crippen LogP contribution >= 0.6 is 0 Å². The van der Waals surface area contributed by atoms with Crippen molar-refractivity contribution in [1.29, 1.82) is 10.8 Å². The molecule has 0 saturated carbocycles. The summed E-state index contributed by atoms with van der Waals surface area (Å²) < 4.78 is 17.7. The quantitative estimate of drug-likeness (QED) is 0.260. The van der Waals surface area contributed by atoms with Crippen molar-refractivity contribution < 1.29 is 19.0 Å². The Morgan fingerprint density at radius 3 is 2.44 bits per heavy atom. The van der Waals surface area contributed by atoms with Crippen LogP contribution in [0.25, 0.3) is 0 Å². The van der Waals surface area contributed by atoms with Crippen LogP contribution in [0.1, 0.15) is 42.6 Å². The van der Waals surface area contributed by atoms with E-state index in [4.69, 9.17) is 36.5 Å². The molecular formula is C26H34N6O4. The van der Waals surface area contributed by atoms with E-state index in [-0.39, 0.29) is 24.6 Å². The van der Waals surface area contributed by atoms with E-state index < -0.39 is 12.1 Å². The Bertz CT molecular complexity index is 1120. The molecule has 192 valence electrons. The number of ether oxygens (including phenoxy) is 3. The number of fused-ring (bicyclic) bond motifs is 1. The molecule has 1 atom stereocenters. The Morgan fingerprint density at radius 1 is 1.00 bits per heavy atom. The second kappa shape index (κ2) is 11.2. The lowest BCUT2D eigenvalue weighted by Crippen LogP contribution is -2.44. The van der Waals surface area contributed by atoms with Crippen LogP contribution in [-0.4, -0.2) is 60.0 Å². The molecule has 10 nitrogen and oxygen atoms in total. The predicted octanol–water partition coefficient (Wildman–Crippen LogP) is 2.36. The Hall–Kier alpha value is -3.95. The number of nitrogens with zero attached hydrogens (tertiary/aromatic N) is 2. The normalized spacial score (nSPS) is 16.6. The topological polar surface area (TPSA) is 151 Å². The van der Waals surface area contributed by atoms with Gasteiger partial charge in [-0.2, -0.15) is 0 Å². The van der Waals surface area contributed by atoms with Gasteiger partial charge in [0.15, 0.2) is 11.9 Å². The Labute approximate surface area is 211 Å². The second-order valence-electron chi connectivity index (χ2n) is 9.00. The number of benzene rings is 2. The van der Waals surface area contributed by atoms with Gasteiger partial charge in [-0.3, -0.25) is 10.8 Å². The summed E-state index contributed by atoms with van der Waals surface area (Å²) in [5, 5.41) is 15.3. The number of nitrogens with one attached hydrogen (secondary N) is 2. The number of carbonyl (C=O) groups is 1. The molecule has 4 rings (SSSR count). The van der Waals surface area contributed by atoms with Crippen LogP contribution in [0, 0.1) is 10.8 Å². The van der Waals surface area contributed by atoms with Gasteiger partial charge in [0.1, 0.15) is 17.6 Å². The average molecular weight is 495 g/mol. The highest BCUT2D eigenvalue weighted by Crippen LogP contribution is 2.30. The smallest absolute Gasteiger partial charge is 0.352 e. The number of esters is 1. The van der Waals surface area contributed by atoms with Crippen molar-refractivity contribution in [3.63, 3.8) is 0 Å². The summed E-state index contributed by atoms with van der Waals surface area (Å²) in [6, 6.07) is 13.1. The number of nitrogens with two attached hydrogens (primary N) is 2. The monoisotopic (exact) mass is 494 g/mol. The minimum atomic E-state index is -0.960. The first kappa shape index (κ1) is 25.2. The molecule has 0 aromatic heterocycles. The van der Waals surface area contributed by atoms with E-state index in [1.165, 1.54) is 5.56 Å². The van der Waals surface area contributed by atoms with Crippen LogP contribution in [-0.2, 0) is 22.5 Å². The van der Waals surface area contributed by atoms with Gasteiger partial charge in [0.25, 0.3) is 0 Å². The first-order chi connectivity index (χ1) is 17.3. The average Bonchev–Trinajstić information content (AvgIpc) is 2.87. The van der Waals surface area contributed by atoms with E-state index in [9.17, 15) is 4.79 Å². The molecule has 1 saturated heterocycles. The van der Waals surface area contributed by atoms with E-state index in [0.29, 0.717) is 43.2 Å². The Balaban J connectivity index is 1.50. The lowest BCUT2D eigenvalue weighted by molar-refractivity contribution is -0.151. The molecule has 2 heterocycles. The fraction of sp³-hybridized carbons (Fsp3) is 0.423. The molecule has 10 heteroatoms. The molecule has 0 spiro atoms. The maximum atomic E-state index is 12.9. The van der Waals surface area contributed by atoms with Crippen LogP contribution in [0.2, 0.25) is 0 Å². The molecule has 2 aliphatic rings. The number of hydrogen-bond donors (Lipinski definition) is 4. The summed E-state index contributed by atoms with van der Waals surface area (Å²) in [6.45, 7) is 4.58. The first-order valence-electron chi connectivity index (χ1n) is 12.2. The molecule has 0 bridgehead atoms. The van der Waals surface area contributed by atoms with Gasteiger partial charge in [0.05, 0.1) is 6.61 Å². The summed E-state index contributed by atoms with van der Waals surface area (Å²) in [6.07, 6.45) is 1.35. The third-order valence-corrected chi connectivity index (χ3v) is 6.53. The molecule has 1 unspecified atom stereocenters. The summed E-state index contributed by atoms with van der Waals surface area (Å²) in [4.78, 5) is 16.5. The standard InChI is InChI=1S/C26H34N6O4/c1-2-34-24(33)23(36-22-7-6-17-8-11-32(26(29)30)16-19(17)15-22)18-4-3-5-21(14-18)35-20-9-12-31(13-10-20)25(27)28/h3-7,14-15,20,23H,2,8-13,16H2,1H3,(H3,27,28)(H3,29,30). The number of rotatable bonds is 7. The van der Waals surface area contributed by atoms with E-state index >= 15 is 0 Å². The lowest BCUT2D eigenvalue weighted by Gasteiger charge is -2.32. The predicted molar refractivity (Wildman–Crippen MR) is 136 cm³/mol. The van der Waals surface area contributed by atoms with Gasteiger partial charge in [0.2, 0.25) is 6.10 Å². The van der Waals surface area contributed by atoms with Crippen LogP contribution in [0.5, 0.6) is 11.5 Å². The Morgan fingerprint density at radius 2 is 1.75 bits per heavy atom. The zero-order chi connectivity index (χ0) is 25.7. The van der Waals surface area contributed by atoms with Crippen LogP contribution in [0.3, 0.4) is 0 Å². The number of hydrogen-bond acceptors (Lipinski definition) is 6. The van der Waals surface area contributed by atoms with Gasteiger partial charge in [-0.15, -0.1) is 0 Å². The van der Waals surface area contributed by atoms with Crippen molar-refractivity contribution in [2.24, 2.45) is 11.5 Å². The molecule has 0 radical (unpaired) electrons. The van der Waals surface area contributed by atoms with Gasteiger partial charge in [-0.25, -0.2) is 4.79 Å². The molecule has 2 aliphatic heterocycles. The lowest BCUT2D eigenvalue weighted by atomic mass is 9.99. The zero-order valence-electron chi connectivity index (χ0n) is 20.5. The number of carbonyl (C=O) groups excluding carboxylic acids is 1. The van der Waals surface area contributed by atoms with Gasteiger partial charge >= 0.3 is 5.97 Å². The molecule has 0 aliphatic carbocycles. The highest BCUT2D eigenvalue weighted by atomic mass is 16.6. The van der Waals surface area contributed by atoms with Crippen molar-refractivity contribution >= 4 is 17.9 Å². The van der Waals surface area contributed by atoms with Crippen molar-refractivity contribution in [3.05, 3.63) is 59.2 Å². The summed E-state index contributed by atoms with van der Waals surface area (Å²) in [5.74, 6) is 0.836. The van der Waals surface area contributed by atoms with Gasteiger partial charge in [-0.1, -0.05) is 18.2 Å². The molecule has 36 heavy (non-hydrogen) atoms. The fourth-order valence-electron chi connectivity index (χ4n) is 4.58. The minimum absolute atomic E-state index is 0.00248. The Kier molecular flexibility index (Phi) is 7.82. The van der Waals surface area contributed by atoms with Crippen LogP contribution in [0.15, 0.2) is 42.5 Å². The second-order valence-corrected chi connectivity index (χ2v) is 9.00. The minimum Gasteiger partial charge on any atom is -0.490 e. The van der Waals surface area contributed by atoms with E-state index in [1.807, 2.05) is 47.4 Å².